The zero-order chi connectivity index (χ0) is 28.5. The van der Waals surface area contributed by atoms with Gasteiger partial charge in [0.15, 0.2) is 0 Å². The van der Waals surface area contributed by atoms with Crippen molar-refractivity contribution < 1.29 is 0 Å². The van der Waals surface area contributed by atoms with Crippen LogP contribution in [0.2, 0.25) is 0 Å². The minimum absolute atomic E-state index is 0.528. The Labute approximate surface area is 246 Å². The lowest BCUT2D eigenvalue weighted by Crippen LogP contribution is -2.03. The largest absolute Gasteiger partial charge is 0.388 e. The minimum Gasteiger partial charge on any atom is -0.388 e. The van der Waals surface area contributed by atoms with Gasteiger partial charge < -0.3 is 10.6 Å². The molecule has 2 N–H and O–H groups in total. The summed E-state index contributed by atoms with van der Waals surface area (Å²) in [6, 6.07) is 39.6. The molecule has 2 heteroatoms. The van der Waals surface area contributed by atoms with Gasteiger partial charge in [-0.1, -0.05) is 145 Å². The van der Waals surface area contributed by atoms with Crippen molar-refractivity contribution in [2.75, 3.05) is 24.7 Å². The topological polar surface area (TPSA) is 24.1 Å². The molecule has 0 fully saturated rings. The van der Waals surface area contributed by atoms with Crippen LogP contribution in [0.4, 0.5) is 11.4 Å². The first-order valence-corrected chi connectivity index (χ1v) is 14.3. The molecule has 0 saturated heterocycles. The van der Waals surface area contributed by atoms with E-state index in [-0.39, 0.29) is 0 Å². The number of para-hydroxylation sites is 2. The molecule has 2 aliphatic rings. The predicted molar refractivity (Wildman–Crippen MR) is 180 cm³/mol. The highest BCUT2D eigenvalue weighted by Crippen LogP contribution is 2.31. The number of hydrogen-bond acceptors (Lipinski definition) is 2. The second kappa shape index (κ2) is 16.3. The molecule has 2 nitrogen and oxygen atoms in total. The van der Waals surface area contributed by atoms with E-state index in [4.69, 9.17) is 0 Å². The van der Waals surface area contributed by atoms with Crippen LogP contribution in [0.1, 0.15) is 18.4 Å². The van der Waals surface area contributed by atoms with Gasteiger partial charge in [-0.3, -0.25) is 0 Å². The van der Waals surface area contributed by atoms with E-state index in [0.717, 1.165) is 24.2 Å². The lowest BCUT2D eigenvalue weighted by atomic mass is 9.86. The number of allylic oxidation sites excluding steroid dienone is 10. The van der Waals surface area contributed by atoms with Crippen molar-refractivity contribution in [3.8, 4) is 11.1 Å². The van der Waals surface area contributed by atoms with Gasteiger partial charge in [-0.05, 0) is 59.4 Å². The van der Waals surface area contributed by atoms with Crippen LogP contribution >= 0.6 is 0 Å². The zero-order valence-corrected chi connectivity index (χ0v) is 24.1. The Morgan fingerprint density at radius 1 is 0.561 bits per heavy atom. The van der Waals surface area contributed by atoms with Gasteiger partial charge in [0.2, 0.25) is 0 Å². The van der Waals surface area contributed by atoms with E-state index in [1.54, 1.807) is 0 Å². The Morgan fingerprint density at radius 2 is 1.10 bits per heavy atom. The summed E-state index contributed by atoms with van der Waals surface area (Å²) in [5.74, 6) is 0.528. The second-order valence-corrected chi connectivity index (χ2v) is 9.79. The summed E-state index contributed by atoms with van der Waals surface area (Å²) in [4.78, 5) is 0. The number of hydrogen-bond donors (Lipinski definition) is 2. The van der Waals surface area contributed by atoms with E-state index in [9.17, 15) is 0 Å². The third-order valence-electron chi connectivity index (χ3n) is 7.05. The molecule has 0 amide bonds. The van der Waals surface area contributed by atoms with Gasteiger partial charge in [-0.25, -0.2) is 0 Å². The first-order chi connectivity index (χ1) is 20.3. The second-order valence-electron chi connectivity index (χ2n) is 9.79. The molecule has 0 aromatic heterocycles. The average Bonchev–Trinajstić information content (AvgIpc) is 3.37. The maximum absolute atomic E-state index is 3.03. The summed E-state index contributed by atoms with van der Waals surface area (Å²) in [6.45, 7) is 0. The van der Waals surface area contributed by atoms with E-state index in [1.165, 1.54) is 27.8 Å². The molecule has 41 heavy (non-hydrogen) atoms. The highest BCUT2D eigenvalue weighted by atomic mass is 14.8. The van der Waals surface area contributed by atoms with E-state index in [0.29, 0.717) is 5.92 Å². The number of rotatable bonds is 5. The molecule has 0 heterocycles. The van der Waals surface area contributed by atoms with E-state index in [1.807, 2.05) is 74.8 Å². The molecule has 1 atom stereocenters. The normalized spacial score (nSPS) is 15.1. The van der Waals surface area contributed by atoms with Crippen molar-refractivity contribution in [3.63, 3.8) is 0 Å². The van der Waals surface area contributed by atoms with Gasteiger partial charge in [0, 0.05) is 31.4 Å². The van der Waals surface area contributed by atoms with Crippen LogP contribution in [0, 0.1) is 5.92 Å². The van der Waals surface area contributed by atoms with Crippen molar-refractivity contribution >= 4 is 16.9 Å². The Bertz CT molecular complexity index is 1420. The van der Waals surface area contributed by atoms with Crippen LogP contribution in [0.25, 0.3) is 16.7 Å². The molecular weight excluding hydrogens is 496 g/mol. The summed E-state index contributed by atoms with van der Waals surface area (Å²) >= 11 is 0. The van der Waals surface area contributed by atoms with Crippen LogP contribution in [-0.2, 0) is 0 Å². The fourth-order valence-corrected chi connectivity index (χ4v) is 4.67. The lowest BCUT2D eigenvalue weighted by molar-refractivity contribution is 0.749. The van der Waals surface area contributed by atoms with Gasteiger partial charge in [-0.2, -0.15) is 0 Å². The number of nitrogens with one attached hydrogen (secondary N) is 2. The standard InChI is InChI=1S/C25H22.2C7H9N/c1-2-5-9-20(8-4-1)22-12-16-24(17-13-22)25-18-14-23(15-19-25)21-10-6-3-7-11-21;2*1-8-7-5-3-2-4-6-7/h1-8,10-12,14-19,22H,9,13H2;2*2-6,8H,1H3. The molecule has 0 radical (unpaired) electrons. The van der Waals surface area contributed by atoms with Gasteiger partial charge >= 0.3 is 0 Å². The Hall–Kier alpha value is -4.82. The Balaban J connectivity index is 0.000000197. The third kappa shape index (κ3) is 9.40. The number of anilines is 2. The maximum atomic E-state index is 3.03. The van der Waals surface area contributed by atoms with Crippen LogP contribution in [-0.4, -0.2) is 14.1 Å². The summed E-state index contributed by atoms with van der Waals surface area (Å²) < 4.78 is 0. The molecule has 0 spiro atoms. The third-order valence-corrected chi connectivity index (χ3v) is 7.05. The molecule has 4 aromatic rings. The monoisotopic (exact) mass is 536 g/mol. The van der Waals surface area contributed by atoms with Gasteiger partial charge in [0.1, 0.15) is 0 Å². The lowest BCUT2D eigenvalue weighted by Gasteiger charge is -2.19. The van der Waals surface area contributed by atoms with Gasteiger partial charge in [0.05, 0.1) is 0 Å². The SMILES string of the molecule is C1=CC=C(C2C=CC(c3ccc(-c4ccccc4)cc3)=CC2)CC=C1.CNc1ccccc1.CNc1ccccc1. The molecule has 0 saturated carbocycles. The molecule has 6 rings (SSSR count). The van der Waals surface area contributed by atoms with E-state index < -0.39 is 0 Å². The first-order valence-electron chi connectivity index (χ1n) is 14.3. The summed E-state index contributed by atoms with van der Waals surface area (Å²) in [5, 5.41) is 6.05. The molecule has 206 valence electrons. The average molecular weight is 537 g/mol. The number of benzene rings is 4. The van der Waals surface area contributed by atoms with Crippen LogP contribution in [0.3, 0.4) is 0 Å². The summed E-state index contributed by atoms with van der Waals surface area (Å²) in [7, 11) is 3.82. The van der Waals surface area contributed by atoms with Crippen LogP contribution < -0.4 is 10.6 Å². The van der Waals surface area contributed by atoms with Crippen molar-refractivity contribution in [1.29, 1.82) is 0 Å². The molecule has 4 aromatic carbocycles. The Kier molecular flexibility index (Phi) is 11.6. The quantitative estimate of drug-likeness (QED) is 0.265. The zero-order valence-electron chi connectivity index (χ0n) is 24.1. The highest BCUT2D eigenvalue weighted by Gasteiger charge is 2.14. The predicted octanol–water partition coefficient (Wildman–Crippen LogP) is 10.2. The summed E-state index contributed by atoms with van der Waals surface area (Å²) in [6.07, 6.45) is 20.0. The molecular formula is C39H40N2. The maximum Gasteiger partial charge on any atom is 0.0337 e. The van der Waals surface area contributed by atoms with Crippen molar-refractivity contribution in [3.05, 3.63) is 175 Å². The van der Waals surface area contributed by atoms with Crippen molar-refractivity contribution in [2.45, 2.75) is 12.8 Å². The molecule has 0 aliphatic heterocycles. The smallest absolute Gasteiger partial charge is 0.0337 e. The van der Waals surface area contributed by atoms with Gasteiger partial charge in [0.25, 0.3) is 0 Å². The van der Waals surface area contributed by atoms with E-state index in [2.05, 4.69) is 114 Å². The van der Waals surface area contributed by atoms with Crippen LogP contribution in [0.5, 0.6) is 0 Å². The van der Waals surface area contributed by atoms with Crippen molar-refractivity contribution in [1.82, 2.24) is 0 Å². The van der Waals surface area contributed by atoms with Crippen molar-refractivity contribution in [2.24, 2.45) is 5.92 Å². The fourth-order valence-electron chi connectivity index (χ4n) is 4.67. The van der Waals surface area contributed by atoms with Crippen LogP contribution in [0.15, 0.2) is 169 Å². The Morgan fingerprint density at radius 3 is 1.61 bits per heavy atom. The first kappa shape index (κ1) is 29.2. The molecule has 1 unspecified atom stereocenters. The molecule has 2 aliphatic carbocycles. The van der Waals surface area contributed by atoms with Gasteiger partial charge in [-0.15, -0.1) is 0 Å². The fraction of sp³-hybridized carbons (Fsp3) is 0.128. The summed E-state index contributed by atoms with van der Waals surface area (Å²) in [5.41, 5.74) is 8.98. The minimum atomic E-state index is 0.528. The van der Waals surface area contributed by atoms with E-state index >= 15 is 0 Å². The molecule has 0 bridgehead atoms. The highest BCUT2D eigenvalue weighted by molar-refractivity contribution is 5.77.